The van der Waals surface area contributed by atoms with Crippen LogP contribution in [0, 0.1) is 6.92 Å². The lowest BCUT2D eigenvalue weighted by atomic mass is 10.1. The second-order valence-corrected chi connectivity index (χ2v) is 5.66. The summed E-state index contributed by atoms with van der Waals surface area (Å²) < 4.78 is 22.0. The van der Waals surface area contributed by atoms with Crippen LogP contribution in [-0.2, 0) is 18.9 Å². The molecule has 1 fully saturated rings. The number of esters is 1. The fourth-order valence-electron chi connectivity index (χ4n) is 2.33. The van der Waals surface area contributed by atoms with E-state index in [4.69, 9.17) is 18.9 Å². The minimum atomic E-state index is -0.643. The lowest BCUT2D eigenvalue weighted by Gasteiger charge is -2.18. The first-order valence-corrected chi connectivity index (χ1v) is 6.90. The quantitative estimate of drug-likeness (QED) is 0.801. The summed E-state index contributed by atoms with van der Waals surface area (Å²) in [4.78, 5) is 11.9. The van der Waals surface area contributed by atoms with Gasteiger partial charge in [0.1, 0.15) is 18.5 Å². The number of aryl methyl sites for hydroxylation is 1. The summed E-state index contributed by atoms with van der Waals surface area (Å²) in [7, 11) is 0. The van der Waals surface area contributed by atoms with Gasteiger partial charge in [-0.1, -0.05) is 17.7 Å². The number of fused-ring (bicyclic) bond motifs is 1. The molecule has 0 aromatic heterocycles. The van der Waals surface area contributed by atoms with Crippen molar-refractivity contribution < 1.29 is 23.7 Å². The van der Waals surface area contributed by atoms with Gasteiger partial charge in [0.25, 0.3) is 0 Å². The maximum atomic E-state index is 11.9. The Morgan fingerprint density at radius 3 is 2.62 bits per heavy atom. The molecule has 1 saturated heterocycles. The number of hydrogen-bond donors (Lipinski definition) is 0. The summed E-state index contributed by atoms with van der Waals surface area (Å²) in [6.45, 7) is 5.71. The maximum Gasteiger partial charge on any atom is 0.338 e. The number of hydrogen-bond acceptors (Lipinski definition) is 5. The third kappa shape index (κ3) is 3.09. The van der Waals surface area contributed by atoms with Crippen molar-refractivity contribution in [2.45, 2.75) is 39.0 Å². The van der Waals surface area contributed by atoms with Crippen LogP contribution in [0.15, 0.2) is 36.1 Å². The molecule has 1 aromatic rings. The lowest BCUT2D eigenvalue weighted by Crippen LogP contribution is -2.22. The van der Waals surface area contributed by atoms with Gasteiger partial charge >= 0.3 is 5.97 Å². The van der Waals surface area contributed by atoms with E-state index < -0.39 is 12.1 Å². The van der Waals surface area contributed by atoms with Crippen LogP contribution in [0.2, 0.25) is 0 Å². The Bertz CT molecular complexity index is 573. The van der Waals surface area contributed by atoms with Crippen molar-refractivity contribution in [1.29, 1.82) is 0 Å². The fourth-order valence-corrected chi connectivity index (χ4v) is 2.33. The molecule has 0 saturated carbocycles. The molecule has 0 amide bonds. The van der Waals surface area contributed by atoms with E-state index in [1.54, 1.807) is 18.2 Å². The third-order valence-electron chi connectivity index (χ3n) is 3.34. The standard InChI is InChI=1S/C16H18O5/c1-10-4-6-11(7-5-10)14(17)18-9-12-8-13-15(19-12)21-16(2,3)20-13/h4-8,13,15H,9H2,1-3H3/t13-,15+/m0/s1. The van der Waals surface area contributed by atoms with Gasteiger partial charge in [-0.2, -0.15) is 0 Å². The Morgan fingerprint density at radius 1 is 1.24 bits per heavy atom. The molecule has 0 unspecified atom stereocenters. The molecular weight excluding hydrogens is 272 g/mol. The van der Waals surface area contributed by atoms with Crippen LogP contribution in [0.1, 0.15) is 29.8 Å². The van der Waals surface area contributed by atoms with Crippen LogP contribution in [0.25, 0.3) is 0 Å². The Hall–Kier alpha value is -1.85. The Kier molecular flexibility index (Phi) is 3.47. The molecule has 0 bridgehead atoms. The van der Waals surface area contributed by atoms with E-state index in [2.05, 4.69) is 0 Å². The molecule has 112 valence electrons. The van der Waals surface area contributed by atoms with Crippen molar-refractivity contribution in [3.63, 3.8) is 0 Å². The van der Waals surface area contributed by atoms with Gasteiger partial charge in [-0.15, -0.1) is 0 Å². The number of carbonyl (C=O) groups excluding carboxylic acids is 1. The second-order valence-electron chi connectivity index (χ2n) is 5.66. The normalized spacial score (nSPS) is 26.0. The van der Waals surface area contributed by atoms with Crippen molar-refractivity contribution in [3.8, 4) is 0 Å². The number of carbonyl (C=O) groups is 1. The molecule has 0 aliphatic carbocycles. The maximum absolute atomic E-state index is 11.9. The summed E-state index contributed by atoms with van der Waals surface area (Å²) in [6, 6.07) is 7.22. The van der Waals surface area contributed by atoms with E-state index in [-0.39, 0.29) is 18.7 Å². The van der Waals surface area contributed by atoms with Crippen LogP contribution >= 0.6 is 0 Å². The van der Waals surface area contributed by atoms with Gasteiger partial charge < -0.3 is 18.9 Å². The Morgan fingerprint density at radius 2 is 1.95 bits per heavy atom. The zero-order valence-electron chi connectivity index (χ0n) is 12.3. The largest absolute Gasteiger partial charge is 0.463 e. The van der Waals surface area contributed by atoms with E-state index in [9.17, 15) is 4.79 Å². The molecule has 2 atom stereocenters. The number of rotatable bonds is 3. The average molecular weight is 290 g/mol. The smallest absolute Gasteiger partial charge is 0.338 e. The Balaban J connectivity index is 1.55. The van der Waals surface area contributed by atoms with Gasteiger partial charge in [0.05, 0.1) is 5.56 Å². The minimum absolute atomic E-state index is 0.0762. The van der Waals surface area contributed by atoms with Gasteiger partial charge in [-0.05, 0) is 39.0 Å². The molecule has 0 radical (unpaired) electrons. The van der Waals surface area contributed by atoms with E-state index >= 15 is 0 Å². The summed E-state index contributed by atoms with van der Waals surface area (Å²) in [5, 5.41) is 0. The van der Waals surface area contributed by atoms with E-state index in [0.29, 0.717) is 11.3 Å². The molecule has 21 heavy (non-hydrogen) atoms. The van der Waals surface area contributed by atoms with Crippen LogP contribution in [0.3, 0.4) is 0 Å². The molecule has 1 aromatic carbocycles. The first-order valence-electron chi connectivity index (χ1n) is 6.90. The average Bonchev–Trinajstić information content (AvgIpc) is 2.89. The highest BCUT2D eigenvalue weighted by molar-refractivity contribution is 5.89. The van der Waals surface area contributed by atoms with E-state index in [0.717, 1.165) is 5.56 Å². The summed E-state index contributed by atoms with van der Waals surface area (Å²) in [5.74, 6) is -0.463. The zero-order chi connectivity index (χ0) is 15.0. The molecule has 2 aliphatic rings. The molecule has 3 rings (SSSR count). The summed E-state index contributed by atoms with van der Waals surface area (Å²) in [6.07, 6.45) is 1.10. The van der Waals surface area contributed by atoms with Gasteiger partial charge in [0, 0.05) is 0 Å². The van der Waals surface area contributed by atoms with Crippen LogP contribution in [0.5, 0.6) is 0 Å². The first-order chi connectivity index (χ1) is 9.93. The van der Waals surface area contributed by atoms with Crippen molar-refractivity contribution in [1.82, 2.24) is 0 Å². The SMILES string of the molecule is Cc1ccc(C(=O)OCC2=C[C@@H]3OC(C)(C)O[C@H]3O2)cc1. The molecule has 2 heterocycles. The molecule has 5 nitrogen and oxygen atoms in total. The molecule has 0 N–H and O–H groups in total. The summed E-state index contributed by atoms with van der Waals surface area (Å²) >= 11 is 0. The topological polar surface area (TPSA) is 54.0 Å². The molecule has 5 heteroatoms. The third-order valence-corrected chi connectivity index (χ3v) is 3.34. The molecule has 0 spiro atoms. The van der Waals surface area contributed by atoms with E-state index in [1.165, 1.54) is 0 Å². The highest BCUT2D eigenvalue weighted by atomic mass is 16.8. The first kappa shape index (κ1) is 14.1. The van der Waals surface area contributed by atoms with Crippen molar-refractivity contribution >= 4 is 5.97 Å². The highest BCUT2D eigenvalue weighted by Gasteiger charge is 2.45. The lowest BCUT2D eigenvalue weighted by molar-refractivity contribution is -0.182. The minimum Gasteiger partial charge on any atom is -0.463 e. The molecular formula is C16H18O5. The Labute approximate surface area is 123 Å². The van der Waals surface area contributed by atoms with Crippen LogP contribution < -0.4 is 0 Å². The van der Waals surface area contributed by atoms with Gasteiger partial charge in [0.15, 0.2) is 5.79 Å². The predicted octanol–water partition coefficient (Wildman–Crippen LogP) is 2.54. The predicted molar refractivity (Wildman–Crippen MR) is 74.5 cm³/mol. The highest BCUT2D eigenvalue weighted by Crippen LogP contribution is 2.35. The summed E-state index contributed by atoms with van der Waals surface area (Å²) in [5.41, 5.74) is 1.62. The number of benzene rings is 1. The van der Waals surface area contributed by atoms with E-state index in [1.807, 2.05) is 32.9 Å². The zero-order valence-corrected chi connectivity index (χ0v) is 12.3. The van der Waals surface area contributed by atoms with Crippen molar-refractivity contribution in [2.24, 2.45) is 0 Å². The monoisotopic (exact) mass is 290 g/mol. The van der Waals surface area contributed by atoms with Crippen molar-refractivity contribution in [2.75, 3.05) is 6.61 Å². The van der Waals surface area contributed by atoms with Gasteiger partial charge in [0.2, 0.25) is 6.29 Å². The van der Waals surface area contributed by atoms with Crippen LogP contribution in [-0.4, -0.2) is 30.8 Å². The fraction of sp³-hybridized carbons (Fsp3) is 0.438. The van der Waals surface area contributed by atoms with Gasteiger partial charge in [-0.3, -0.25) is 0 Å². The van der Waals surface area contributed by atoms with Crippen molar-refractivity contribution in [3.05, 3.63) is 47.2 Å². The second kappa shape index (κ2) is 5.16. The number of ether oxygens (including phenoxy) is 4. The van der Waals surface area contributed by atoms with Gasteiger partial charge in [-0.25, -0.2) is 4.79 Å². The molecule has 2 aliphatic heterocycles. The van der Waals surface area contributed by atoms with Crippen LogP contribution in [0.4, 0.5) is 0 Å².